The quantitative estimate of drug-likeness (QED) is 0.916. The predicted molar refractivity (Wildman–Crippen MR) is 100 cm³/mol. The fourth-order valence-corrected chi connectivity index (χ4v) is 5.54. The molecule has 2 aliphatic rings. The minimum absolute atomic E-state index is 0.0595. The minimum atomic E-state index is -0.0823. The monoisotopic (exact) mass is 359 g/mol. The van der Waals surface area contributed by atoms with Crippen molar-refractivity contribution in [3.63, 3.8) is 0 Å². The average Bonchev–Trinajstić information content (AvgIpc) is 3.15. The predicted octanol–water partition coefficient (Wildman–Crippen LogP) is 2.89. The van der Waals surface area contributed by atoms with Crippen molar-refractivity contribution in [2.24, 2.45) is 11.8 Å². The van der Waals surface area contributed by atoms with Gasteiger partial charge in [0, 0.05) is 10.9 Å². The Morgan fingerprint density at radius 2 is 2.16 bits per heavy atom. The third kappa shape index (κ3) is 3.01. The lowest BCUT2D eigenvalue weighted by Gasteiger charge is -2.34. The molecule has 3 atom stereocenters. The van der Waals surface area contributed by atoms with Crippen molar-refractivity contribution in [2.45, 2.75) is 65.0 Å². The molecule has 1 N–H and O–H groups in total. The third-order valence-corrected chi connectivity index (χ3v) is 7.26. The fourth-order valence-electron chi connectivity index (χ4n) is 4.32. The van der Waals surface area contributed by atoms with E-state index in [0.717, 1.165) is 42.3 Å². The minimum Gasteiger partial charge on any atom is -0.352 e. The van der Waals surface area contributed by atoms with Gasteiger partial charge in [0.15, 0.2) is 0 Å². The van der Waals surface area contributed by atoms with Crippen LogP contribution < -0.4 is 10.9 Å². The largest absolute Gasteiger partial charge is 0.352 e. The first kappa shape index (κ1) is 16.8. The van der Waals surface area contributed by atoms with Crippen LogP contribution in [0.25, 0.3) is 10.2 Å². The summed E-state index contributed by atoms with van der Waals surface area (Å²) < 4.78 is 1.47. The molecule has 6 heteroatoms. The van der Waals surface area contributed by atoms with Crippen LogP contribution in [0.4, 0.5) is 0 Å². The van der Waals surface area contributed by atoms with E-state index in [0.29, 0.717) is 11.8 Å². The van der Waals surface area contributed by atoms with Crippen LogP contribution in [0, 0.1) is 11.8 Å². The molecule has 1 fully saturated rings. The molecule has 0 aromatic carbocycles. The first-order valence-corrected chi connectivity index (χ1v) is 10.2. The number of nitrogens with zero attached hydrogens (tertiary/aromatic N) is 2. The van der Waals surface area contributed by atoms with Gasteiger partial charge in [-0.3, -0.25) is 14.2 Å². The topological polar surface area (TPSA) is 64.0 Å². The maximum Gasteiger partial charge on any atom is 0.262 e. The number of carbonyl (C=O) groups excluding carboxylic acids is 1. The van der Waals surface area contributed by atoms with E-state index in [-0.39, 0.29) is 24.1 Å². The normalized spacial score (nSPS) is 25.9. The standard InChI is InChI=1S/C19H25N3O2S/c1-11-5-3-7-14(12(11)2)21-16(23)9-22-10-20-18-17(19(22)24)13-6-4-8-15(13)25-18/h10-12,14H,3-9H2,1-2H3,(H,21,23). The molecule has 3 unspecified atom stereocenters. The van der Waals surface area contributed by atoms with Gasteiger partial charge in [0.25, 0.3) is 5.56 Å². The summed E-state index contributed by atoms with van der Waals surface area (Å²) in [6.45, 7) is 4.52. The van der Waals surface area contributed by atoms with Gasteiger partial charge < -0.3 is 5.32 Å². The van der Waals surface area contributed by atoms with Crippen LogP contribution in [0.3, 0.4) is 0 Å². The Balaban J connectivity index is 1.53. The molecule has 1 amide bonds. The molecule has 4 rings (SSSR count). The van der Waals surface area contributed by atoms with E-state index in [1.54, 1.807) is 11.3 Å². The van der Waals surface area contributed by atoms with Gasteiger partial charge in [0.1, 0.15) is 11.4 Å². The van der Waals surface area contributed by atoms with Gasteiger partial charge in [-0.1, -0.05) is 26.7 Å². The lowest BCUT2D eigenvalue weighted by Crippen LogP contribution is -2.45. The van der Waals surface area contributed by atoms with Crippen molar-refractivity contribution >= 4 is 27.5 Å². The number of carbonyl (C=O) groups is 1. The third-order valence-electron chi connectivity index (χ3n) is 6.06. The van der Waals surface area contributed by atoms with Crippen molar-refractivity contribution in [3.05, 3.63) is 27.1 Å². The van der Waals surface area contributed by atoms with Gasteiger partial charge >= 0.3 is 0 Å². The van der Waals surface area contributed by atoms with Crippen LogP contribution in [-0.2, 0) is 24.2 Å². The van der Waals surface area contributed by atoms with E-state index in [2.05, 4.69) is 24.1 Å². The highest BCUT2D eigenvalue weighted by Gasteiger charge is 2.28. The molecular weight excluding hydrogens is 334 g/mol. The Kier molecular flexibility index (Phi) is 4.40. The molecule has 0 radical (unpaired) electrons. The second-order valence-corrected chi connectivity index (χ2v) is 8.74. The van der Waals surface area contributed by atoms with Crippen molar-refractivity contribution in [3.8, 4) is 0 Å². The van der Waals surface area contributed by atoms with Crippen LogP contribution in [0.5, 0.6) is 0 Å². The number of fused-ring (bicyclic) bond motifs is 3. The molecule has 25 heavy (non-hydrogen) atoms. The van der Waals surface area contributed by atoms with Gasteiger partial charge in [-0.15, -0.1) is 11.3 Å². The second kappa shape index (κ2) is 6.56. The lowest BCUT2D eigenvalue weighted by molar-refractivity contribution is -0.123. The number of amides is 1. The van der Waals surface area contributed by atoms with Crippen molar-refractivity contribution in [2.75, 3.05) is 0 Å². The van der Waals surface area contributed by atoms with E-state index in [1.165, 1.54) is 27.8 Å². The van der Waals surface area contributed by atoms with Gasteiger partial charge in [-0.25, -0.2) is 4.98 Å². The van der Waals surface area contributed by atoms with Gasteiger partial charge in [-0.2, -0.15) is 0 Å². The molecule has 0 aliphatic heterocycles. The molecule has 0 bridgehead atoms. The SMILES string of the molecule is CC1CCCC(NC(=O)Cn2cnc3sc4c(c3c2=O)CCC4)C1C. The first-order chi connectivity index (χ1) is 12.0. The van der Waals surface area contributed by atoms with Crippen LogP contribution in [0.1, 0.15) is 50.0 Å². The maximum atomic E-state index is 12.8. The summed E-state index contributed by atoms with van der Waals surface area (Å²) in [6, 6.07) is 0.217. The number of nitrogens with one attached hydrogen (secondary N) is 1. The molecule has 0 spiro atoms. The summed E-state index contributed by atoms with van der Waals surface area (Å²) in [5.74, 6) is 1.03. The van der Waals surface area contributed by atoms with Crippen molar-refractivity contribution in [1.82, 2.24) is 14.9 Å². The van der Waals surface area contributed by atoms with Crippen molar-refractivity contribution < 1.29 is 4.79 Å². The Morgan fingerprint density at radius 3 is 3.00 bits per heavy atom. The molecule has 134 valence electrons. The maximum absolute atomic E-state index is 12.8. The van der Waals surface area contributed by atoms with Gasteiger partial charge in [0.05, 0.1) is 11.7 Å². The zero-order chi connectivity index (χ0) is 17.6. The molecule has 2 aromatic heterocycles. The number of rotatable bonds is 3. The molecule has 2 aromatic rings. The molecule has 0 saturated heterocycles. The van der Waals surface area contributed by atoms with Crippen LogP contribution in [0.2, 0.25) is 0 Å². The molecular formula is C19H25N3O2S. The summed E-state index contributed by atoms with van der Waals surface area (Å²) in [6.07, 6.45) is 8.07. The zero-order valence-corrected chi connectivity index (χ0v) is 15.7. The fraction of sp³-hybridized carbons (Fsp3) is 0.632. The van der Waals surface area contributed by atoms with Gasteiger partial charge in [-0.05, 0) is 43.1 Å². The Labute approximate surface area is 151 Å². The summed E-state index contributed by atoms with van der Waals surface area (Å²) in [4.78, 5) is 31.9. The number of hydrogen-bond donors (Lipinski definition) is 1. The van der Waals surface area contributed by atoms with E-state index in [9.17, 15) is 9.59 Å². The van der Waals surface area contributed by atoms with E-state index < -0.39 is 0 Å². The molecule has 2 aliphatic carbocycles. The molecule has 1 saturated carbocycles. The molecule has 5 nitrogen and oxygen atoms in total. The number of aromatic nitrogens is 2. The summed E-state index contributed by atoms with van der Waals surface area (Å²) in [5.41, 5.74) is 1.10. The summed E-state index contributed by atoms with van der Waals surface area (Å²) in [7, 11) is 0. The Bertz CT molecular complexity index is 869. The highest BCUT2D eigenvalue weighted by atomic mass is 32.1. The van der Waals surface area contributed by atoms with E-state index in [1.807, 2.05) is 0 Å². The van der Waals surface area contributed by atoms with Crippen LogP contribution in [-0.4, -0.2) is 21.5 Å². The smallest absolute Gasteiger partial charge is 0.262 e. The Hall–Kier alpha value is -1.69. The van der Waals surface area contributed by atoms with Crippen LogP contribution >= 0.6 is 11.3 Å². The van der Waals surface area contributed by atoms with Crippen molar-refractivity contribution in [1.29, 1.82) is 0 Å². The highest BCUT2D eigenvalue weighted by molar-refractivity contribution is 7.18. The highest BCUT2D eigenvalue weighted by Crippen LogP contribution is 2.34. The van der Waals surface area contributed by atoms with Gasteiger partial charge in [0.2, 0.25) is 5.91 Å². The summed E-state index contributed by atoms with van der Waals surface area (Å²) in [5, 5.41) is 3.89. The first-order valence-electron chi connectivity index (χ1n) is 9.33. The lowest BCUT2D eigenvalue weighted by atomic mass is 9.78. The average molecular weight is 359 g/mol. The van der Waals surface area contributed by atoms with E-state index >= 15 is 0 Å². The second-order valence-electron chi connectivity index (χ2n) is 7.66. The summed E-state index contributed by atoms with van der Waals surface area (Å²) >= 11 is 1.63. The Morgan fingerprint density at radius 1 is 1.32 bits per heavy atom. The number of aryl methyl sites for hydroxylation is 2. The zero-order valence-electron chi connectivity index (χ0n) is 14.9. The number of hydrogen-bond acceptors (Lipinski definition) is 4. The van der Waals surface area contributed by atoms with Crippen LogP contribution in [0.15, 0.2) is 11.1 Å². The molecule has 2 heterocycles. The van der Waals surface area contributed by atoms with E-state index in [4.69, 9.17) is 0 Å². The number of thiophene rings is 1.